The Bertz CT molecular complexity index is 903. The number of methoxy groups -OCH3 is 1. The Hall–Kier alpha value is -2.65. The van der Waals surface area contributed by atoms with Gasteiger partial charge in [0.25, 0.3) is 11.5 Å². The molecule has 1 aliphatic heterocycles. The summed E-state index contributed by atoms with van der Waals surface area (Å²) in [4.78, 5) is 24.5. The Labute approximate surface area is 160 Å². The maximum atomic E-state index is 13.6. The Morgan fingerprint density at radius 1 is 1.32 bits per heavy atom. The molecule has 9 heteroatoms. The Morgan fingerprint density at radius 3 is 2.89 bits per heavy atom. The molecule has 1 aliphatic rings. The summed E-state index contributed by atoms with van der Waals surface area (Å²) in [5.41, 5.74) is 0.404. The van der Waals surface area contributed by atoms with E-state index < -0.39 is 17.5 Å². The van der Waals surface area contributed by atoms with Crippen molar-refractivity contribution in [2.45, 2.75) is 24.9 Å². The second-order valence-electron chi connectivity index (χ2n) is 6.63. The maximum absolute atomic E-state index is 13.6. The predicted octanol–water partition coefficient (Wildman–Crippen LogP) is 1.04. The highest BCUT2D eigenvalue weighted by atomic mass is 19.2. The van der Waals surface area contributed by atoms with Crippen LogP contribution in [0.15, 0.2) is 35.1 Å². The largest absolute Gasteiger partial charge is 0.383 e. The van der Waals surface area contributed by atoms with Crippen LogP contribution in [0.2, 0.25) is 0 Å². The molecule has 0 bridgehead atoms. The number of nitrogens with one attached hydrogen (secondary N) is 2. The van der Waals surface area contributed by atoms with Crippen LogP contribution in [0.4, 0.5) is 8.78 Å². The first kappa shape index (κ1) is 20.1. The van der Waals surface area contributed by atoms with Gasteiger partial charge in [-0.2, -0.15) is 5.10 Å². The number of piperidine rings is 1. The lowest BCUT2D eigenvalue weighted by molar-refractivity contribution is 0.0915. The van der Waals surface area contributed by atoms with E-state index in [1.807, 2.05) is 0 Å². The zero-order valence-corrected chi connectivity index (χ0v) is 15.5. The van der Waals surface area contributed by atoms with Crippen LogP contribution in [0.25, 0.3) is 0 Å². The van der Waals surface area contributed by atoms with E-state index in [1.165, 1.54) is 36.1 Å². The molecule has 0 spiro atoms. The van der Waals surface area contributed by atoms with Gasteiger partial charge in [-0.05, 0) is 36.7 Å². The minimum Gasteiger partial charge on any atom is -0.383 e. The lowest BCUT2D eigenvalue weighted by Crippen LogP contribution is -2.50. The molecule has 28 heavy (non-hydrogen) atoms. The normalized spacial score (nSPS) is 19.4. The smallest absolute Gasteiger partial charge is 0.272 e. The molecule has 3 rings (SSSR count). The Kier molecular flexibility index (Phi) is 6.48. The number of ether oxygens (including phenoxy) is 1. The van der Waals surface area contributed by atoms with Crippen LogP contribution in [0.3, 0.4) is 0 Å². The zero-order chi connectivity index (χ0) is 20.1. The van der Waals surface area contributed by atoms with Crippen molar-refractivity contribution in [3.05, 3.63) is 63.6 Å². The van der Waals surface area contributed by atoms with E-state index in [0.717, 1.165) is 6.07 Å². The Morgan fingerprint density at radius 2 is 2.14 bits per heavy atom. The number of rotatable bonds is 6. The van der Waals surface area contributed by atoms with Gasteiger partial charge in [-0.25, -0.2) is 13.5 Å². The highest BCUT2D eigenvalue weighted by Gasteiger charge is 2.29. The summed E-state index contributed by atoms with van der Waals surface area (Å²) < 4.78 is 33.0. The summed E-state index contributed by atoms with van der Waals surface area (Å²) in [6, 6.07) is 6.13. The third kappa shape index (κ3) is 4.60. The molecule has 7 nitrogen and oxygen atoms in total. The average Bonchev–Trinajstić information content (AvgIpc) is 2.70. The van der Waals surface area contributed by atoms with Crippen molar-refractivity contribution in [3.8, 4) is 0 Å². The van der Waals surface area contributed by atoms with Crippen LogP contribution in [-0.4, -0.2) is 48.5 Å². The molecule has 1 aromatic heterocycles. The molecule has 0 radical (unpaired) electrons. The number of hydrogen-bond donors (Lipinski definition) is 2. The second-order valence-corrected chi connectivity index (χ2v) is 6.63. The van der Waals surface area contributed by atoms with Crippen molar-refractivity contribution in [1.82, 2.24) is 20.4 Å². The van der Waals surface area contributed by atoms with Crippen molar-refractivity contribution < 1.29 is 18.3 Å². The van der Waals surface area contributed by atoms with Crippen LogP contribution < -0.4 is 16.2 Å². The molecule has 2 unspecified atom stereocenters. The van der Waals surface area contributed by atoms with Gasteiger partial charge in [0.05, 0.1) is 13.2 Å². The molecule has 1 fully saturated rings. The first-order valence-corrected chi connectivity index (χ1v) is 9.03. The zero-order valence-electron chi connectivity index (χ0n) is 15.5. The minimum absolute atomic E-state index is 0.102. The molecule has 2 N–H and O–H groups in total. The van der Waals surface area contributed by atoms with Crippen molar-refractivity contribution in [2.24, 2.45) is 0 Å². The molecule has 1 amide bonds. The molecule has 1 aromatic carbocycles. The summed E-state index contributed by atoms with van der Waals surface area (Å²) >= 11 is 0. The highest BCUT2D eigenvalue weighted by Crippen LogP contribution is 2.27. The highest BCUT2D eigenvalue weighted by molar-refractivity contribution is 5.92. The number of benzene rings is 1. The van der Waals surface area contributed by atoms with Crippen LogP contribution in [0.1, 0.15) is 28.4 Å². The first-order chi connectivity index (χ1) is 13.5. The van der Waals surface area contributed by atoms with E-state index in [0.29, 0.717) is 31.7 Å². The number of carbonyl (C=O) groups excluding carboxylic acids is 1. The van der Waals surface area contributed by atoms with E-state index in [2.05, 4.69) is 15.7 Å². The van der Waals surface area contributed by atoms with E-state index >= 15 is 0 Å². The van der Waals surface area contributed by atoms with Gasteiger partial charge in [-0.1, -0.05) is 6.07 Å². The number of halogens is 2. The number of nitrogens with zero attached hydrogens (tertiary/aromatic N) is 2. The van der Waals surface area contributed by atoms with Crippen LogP contribution in [0, 0.1) is 11.6 Å². The molecule has 150 valence electrons. The fourth-order valence-electron chi connectivity index (χ4n) is 3.30. The molecule has 2 aromatic rings. The number of hydrogen-bond acceptors (Lipinski definition) is 5. The first-order valence-electron chi connectivity index (χ1n) is 9.03. The van der Waals surface area contributed by atoms with Gasteiger partial charge < -0.3 is 15.4 Å². The molecular formula is C19H22F2N4O3. The Balaban J connectivity index is 1.77. The van der Waals surface area contributed by atoms with Crippen molar-refractivity contribution in [2.75, 3.05) is 26.8 Å². The van der Waals surface area contributed by atoms with Gasteiger partial charge in [-0.3, -0.25) is 9.59 Å². The van der Waals surface area contributed by atoms with Crippen LogP contribution in [-0.2, 0) is 11.3 Å². The summed E-state index contributed by atoms with van der Waals surface area (Å²) in [5, 5.41) is 10.2. The number of amides is 1. The third-order valence-corrected chi connectivity index (χ3v) is 4.78. The van der Waals surface area contributed by atoms with Gasteiger partial charge in [-0.15, -0.1) is 0 Å². The summed E-state index contributed by atoms with van der Waals surface area (Å²) in [5.74, 6) is -2.42. The van der Waals surface area contributed by atoms with E-state index in [-0.39, 0.29) is 29.8 Å². The quantitative estimate of drug-likeness (QED) is 0.768. The molecule has 2 heterocycles. The topological polar surface area (TPSA) is 85.2 Å². The lowest BCUT2D eigenvalue weighted by Gasteiger charge is -2.33. The van der Waals surface area contributed by atoms with Crippen LogP contribution >= 0.6 is 0 Å². The summed E-state index contributed by atoms with van der Waals surface area (Å²) in [6.45, 7) is 1.72. The molecule has 2 atom stereocenters. The van der Waals surface area contributed by atoms with Crippen molar-refractivity contribution in [1.29, 1.82) is 0 Å². The molecule has 0 saturated carbocycles. The lowest BCUT2D eigenvalue weighted by atomic mass is 9.86. The maximum Gasteiger partial charge on any atom is 0.272 e. The van der Waals surface area contributed by atoms with E-state index in [4.69, 9.17) is 4.74 Å². The van der Waals surface area contributed by atoms with Gasteiger partial charge in [0, 0.05) is 31.7 Å². The SMILES string of the molecule is COCCn1nc(C(=O)NC2CNCCC2c2ccc(F)c(F)c2)ccc1=O. The van der Waals surface area contributed by atoms with Crippen molar-refractivity contribution >= 4 is 5.91 Å². The van der Waals surface area contributed by atoms with E-state index in [1.54, 1.807) is 0 Å². The van der Waals surface area contributed by atoms with Gasteiger partial charge >= 0.3 is 0 Å². The molecular weight excluding hydrogens is 370 g/mol. The average molecular weight is 392 g/mol. The van der Waals surface area contributed by atoms with Gasteiger partial charge in [0.15, 0.2) is 11.6 Å². The summed E-state index contributed by atoms with van der Waals surface area (Å²) in [6.07, 6.45) is 0.663. The van der Waals surface area contributed by atoms with Gasteiger partial charge in [0.1, 0.15) is 5.69 Å². The third-order valence-electron chi connectivity index (χ3n) is 4.78. The second kappa shape index (κ2) is 9.03. The fraction of sp³-hybridized carbons (Fsp3) is 0.421. The predicted molar refractivity (Wildman–Crippen MR) is 98.2 cm³/mol. The van der Waals surface area contributed by atoms with Crippen LogP contribution in [0.5, 0.6) is 0 Å². The minimum atomic E-state index is -0.909. The monoisotopic (exact) mass is 392 g/mol. The molecule has 1 saturated heterocycles. The molecule has 0 aliphatic carbocycles. The van der Waals surface area contributed by atoms with Gasteiger partial charge in [0.2, 0.25) is 0 Å². The summed E-state index contributed by atoms with van der Waals surface area (Å²) in [7, 11) is 1.51. The van der Waals surface area contributed by atoms with E-state index in [9.17, 15) is 18.4 Å². The number of aromatic nitrogens is 2. The number of carbonyl (C=O) groups is 1. The van der Waals surface area contributed by atoms with Crippen molar-refractivity contribution in [3.63, 3.8) is 0 Å². The fourth-order valence-corrected chi connectivity index (χ4v) is 3.30. The standard InChI is InChI=1S/C19H22F2N4O3/c1-28-9-8-25-18(26)5-4-16(24-25)19(27)23-17-11-22-7-6-13(17)12-2-3-14(20)15(21)10-12/h2-5,10,13,17,22H,6-9,11H2,1H3,(H,23,27).